The molecule has 0 amide bonds. The number of piperidine rings is 1. The molecule has 0 aliphatic carbocycles. The third kappa shape index (κ3) is 2.70. The summed E-state index contributed by atoms with van der Waals surface area (Å²) in [4.78, 5) is 2.68. The molecule has 0 atom stereocenters. The van der Waals surface area contributed by atoms with E-state index in [1.165, 1.54) is 24.0 Å². The van der Waals surface area contributed by atoms with Crippen molar-refractivity contribution in [2.45, 2.75) is 70.7 Å². The Labute approximate surface area is 117 Å². The molecule has 2 aliphatic heterocycles. The van der Waals surface area contributed by atoms with Crippen LogP contribution in [0.15, 0.2) is 24.3 Å². The second kappa shape index (κ2) is 4.32. The van der Waals surface area contributed by atoms with Crippen molar-refractivity contribution in [1.82, 2.24) is 10.2 Å². The maximum absolute atomic E-state index is 3.78. The topological polar surface area (TPSA) is 15.3 Å². The summed E-state index contributed by atoms with van der Waals surface area (Å²) >= 11 is 0. The Kier molecular flexibility index (Phi) is 2.99. The Morgan fingerprint density at radius 3 is 1.89 bits per heavy atom. The van der Waals surface area contributed by atoms with Crippen molar-refractivity contribution in [3.05, 3.63) is 35.4 Å². The number of rotatable bonds is 1. The van der Waals surface area contributed by atoms with Gasteiger partial charge < -0.3 is 5.32 Å². The number of nitrogens with zero attached hydrogens (tertiary/aromatic N) is 1. The van der Waals surface area contributed by atoms with E-state index < -0.39 is 0 Å². The number of hydrogen-bond acceptors (Lipinski definition) is 2. The summed E-state index contributed by atoms with van der Waals surface area (Å²) in [6, 6.07) is 9.59. The van der Waals surface area contributed by atoms with Gasteiger partial charge in [0.2, 0.25) is 0 Å². The van der Waals surface area contributed by atoms with E-state index in [4.69, 9.17) is 0 Å². The first-order chi connectivity index (χ1) is 8.85. The molecule has 19 heavy (non-hydrogen) atoms. The lowest BCUT2D eigenvalue weighted by atomic mass is 9.79. The Bertz CT molecular complexity index is 435. The third-order valence-electron chi connectivity index (χ3n) is 4.55. The summed E-state index contributed by atoms with van der Waals surface area (Å²) < 4.78 is 0. The molecule has 2 heteroatoms. The van der Waals surface area contributed by atoms with Crippen LogP contribution < -0.4 is 5.32 Å². The predicted molar refractivity (Wildman–Crippen MR) is 80.0 cm³/mol. The molecule has 0 bridgehead atoms. The molecule has 1 aromatic rings. The molecular weight excluding hydrogens is 232 g/mol. The van der Waals surface area contributed by atoms with Crippen LogP contribution in [0.4, 0.5) is 0 Å². The first-order valence-electron chi connectivity index (χ1n) is 7.45. The Balaban J connectivity index is 1.77. The standard InChI is InChI=1S/C17H26N2/c1-16(2)9-15(10-17(3,4)18-16)19-11-13-7-5-6-8-14(13)12-19/h5-8,15,18H,9-12H2,1-4H3. The molecule has 104 valence electrons. The predicted octanol–water partition coefficient (Wildman–Crippen LogP) is 3.31. The Morgan fingerprint density at radius 1 is 0.947 bits per heavy atom. The van der Waals surface area contributed by atoms with E-state index in [9.17, 15) is 0 Å². The summed E-state index contributed by atoms with van der Waals surface area (Å²) in [6.07, 6.45) is 2.48. The van der Waals surface area contributed by atoms with E-state index in [0.717, 1.165) is 13.1 Å². The molecule has 2 aliphatic rings. The average molecular weight is 258 g/mol. The Morgan fingerprint density at radius 2 is 1.42 bits per heavy atom. The molecule has 0 radical (unpaired) electrons. The average Bonchev–Trinajstić information content (AvgIpc) is 2.68. The van der Waals surface area contributed by atoms with Crippen molar-refractivity contribution in [2.24, 2.45) is 0 Å². The van der Waals surface area contributed by atoms with Crippen molar-refractivity contribution in [3.63, 3.8) is 0 Å². The van der Waals surface area contributed by atoms with Gasteiger partial charge in [-0.3, -0.25) is 4.90 Å². The van der Waals surface area contributed by atoms with E-state index in [1.807, 2.05) is 0 Å². The molecular formula is C17H26N2. The molecule has 1 N–H and O–H groups in total. The van der Waals surface area contributed by atoms with Crippen LogP contribution in [0.5, 0.6) is 0 Å². The molecule has 3 rings (SSSR count). The SMILES string of the molecule is CC1(C)CC(N2Cc3ccccc3C2)CC(C)(C)N1. The minimum atomic E-state index is 0.237. The summed E-state index contributed by atoms with van der Waals surface area (Å²) in [5.74, 6) is 0. The van der Waals surface area contributed by atoms with E-state index in [1.54, 1.807) is 0 Å². The molecule has 2 nitrogen and oxygen atoms in total. The van der Waals surface area contributed by atoms with Crippen LogP contribution in [0.1, 0.15) is 51.7 Å². The third-order valence-corrected chi connectivity index (χ3v) is 4.55. The van der Waals surface area contributed by atoms with Crippen LogP contribution in [0, 0.1) is 0 Å². The van der Waals surface area contributed by atoms with Crippen molar-refractivity contribution in [2.75, 3.05) is 0 Å². The van der Waals surface area contributed by atoms with Gasteiger partial charge in [0.25, 0.3) is 0 Å². The zero-order valence-corrected chi connectivity index (χ0v) is 12.7. The molecule has 0 unspecified atom stereocenters. The molecule has 0 aromatic heterocycles. The minimum absolute atomic E-state index is 0.237. The van der Waals surface area contributed by atoms with Gasteiger partial charge in [0.15, 0.2) is 0 Å². The van der Waals surface area contributed by atoms with Gasteiger partial charge >= 0.3 is 0 Å². The summed E-state index contributed by atoms with van der Waals surface area (Å²) in [7, 11) is 0. The van der Waals surface area contributed by atoms with Gasteiger partial charge in [-0.05, 0) is 51.7 Å². The number of benzene rings is 1. The normalized spacial score (nSPS) is 26.3. The quantitative estimate of drug-likeness (QED) is 0.831. The fraction of sp³-hybridized carbons (Fsp3) is 0.647. The molecule has 0 saturated carbocycles. The summed E-state index contributed by atoms with van der Waals surface area (Å²) in [6.45, 7) is 11.6. The highest BCUT2D eigenvalue weighted by Gasteiger charge is 2.40. The van der Waals surface area contributed by atoms with Gasteiger partial charge in [-0.2, -0.15) is 0 Å². The van der Waals surface area contributed by atoms with Crippen LogP contribution in [0.3, 0.4) is 0 Å². The number of hydrogen-bond donors (Lipinski definition) is 1. The lowest BCUT2D eigenvalue weighted by molar-refractivity contribution is 0.0643. The van der Waals surface area contributed by atoms with Gasteiger partial charge in [-0.1, -0.05) is 24.3 Å². The van der Waals surface area contributed by atoms with Gasteiger partial charge in [-0.25, -0.2) is 0 Å². The zero-order chi connectivity index (χ0) is 13.7. The van der Waals surface area contributed by atoms with E-state index in [0.29, 0.717) is 6.04 Å². The molecule has 1 saturated heterocycles. The second-order valence-corrected chi connectivity index (χ2v) is 7.63. The van der Waals surface area contributed by atoms with E-state index >= 15 is 0 Å². The summed E-state index contributed by atoms with van der Waals surface area (Å²) in [5, 5.41) is 3.78. The van der Waals surface area contributed by atoms with Gasteiger partial charge in [0.05, 0.1) is 0 Å². The number of fused-ring (bicyclic) bond motifs is 1. The first kappa shape index (κ1) is 13.1. The number of nitrogens with one attached hydrogen (secondary N) is 1. The highest BCUT2D eigenvalue weighted by atomic mass is 15.2. The van der Waals surface area contributed by atoms with Gasteiger partial charge in [0, 0.05) is 30.2 Å². The smallest absolute Gasteiger partial charge is 0.0243 e. The van der Waals surface area contributed by atoms with Gasteiger partial charge in [-0.15, -0.1) is 0 Å². The van der Waals surface area contributed by atoms with Crippen LogP contribution in [-0.4, -0.2) is 22.0 Å². The highest BCUT2D eigenvalue weighted by Crippen LogP contribution is 2.35. The van der Waals surface area contributed by atoms with Crippen molar-refractivity contribution in [1.29, 1.82) is 0 Å². The van der Waals surface area contributed by atoms with Gasteiger partial charge in [0.1, 0.15) is 0 Å². The van der Waals surface area contributed by atoms with Crippen molar-refractivity contribution >= 4 is 0 Å². The Hall–Kier alpha value is -0.860. The maximum Gasteiger partial charge on any atom is 0.0243 e. The monoisotopic (exact) mass is 258 g/mol. The highest BCUT2D eigenvalue weighted by molar-refractivity contribution is 5.30. The van der Waals surface area contributed by atoms with Crippen LogP contribution in [0.2, 0.25) is 0 Å². The minimum Gasteiger partial charge on any atom is -0.307 e. The lowest BCUT2D eigenvalue weighted by Gasteiger charge is -2.49. The van der Waals surface area contributed by atoms with Crippen LogP contribution in [0.25, 0.3) is 0 Å². The lowest BCUT2D eigenvalue weighted by Crippen LogP contribution is -2.61. The zero-order valence-electron chi connectivity index (χ0n) is 12.7. The van der Waals surface area contributed by atoms with Crippen LogP contribution in [-0.2, 0) is 13.1 Å². The van der Waals surface area contributed by atoms with E-state index in [-0.39, 0.29) is 11.1 Å². The molecule has 2 heterocycles. The second-order valence-electron chi connectivity index (χ2n) is 7.63. The molecule has 1 aromatic carbocycles. The summed E-state index contributed by atoms with van der Waals surface area (Å²) in [5.41, 5.74) is 3.52. The van der Waals surface area contributed by atoms with E-state index in [2.05, 4.69) is 62.2 Å². The molecule has 0 spiro atoms. The fourth-order valence-corrected chi connectivity index (χ4v) is 4.14. The maximum atomic E-state index is 3.78. The first-order valence-corrected chi connectivity index (χ1v) is 7.45. The van der Waals surface area contributed by atoms with Crippen LogP contribution >= 0.6 is 0 Å². The molecule has 1 fully saturated rings. The van der Waals surface area contributed by atoms with Crippen molar-refractivity contribution < 1.29 is 0 Å². The van der Waals surface area contributed by atoms with Crippen molar-refractivity contribution in [3.8, 4) is 0 Å². The largest absolute Gasteiger partial charge is 0.307 e. The fourth-order valence-electron chi connectivity index (χ4n) is 4.14.